The van der Waals surface area contributed by atoms with Gasteiger partial charge in [-0.2, -0.15) is 0 Å². The Bertz CT molecular complexity index is 506. The molecule has 1 heterocycles. The molecule has 2 rings (SSSR count). The molecule has 0 unspecified atom stereocenters. The Kier molecular flexibility index (Phi) is 3.62. The fraction of sp³-hybridized carbons (Fsp3) is 0.231. The summed E-state index contributed by atoms with van der Waals surface area (Å²) in [5.41, 5.74) is 2.66. The van der Waals surface area contributed by atoms with Crippen molar-refractivity contribution in [2.24, 2.45) is 0 Å². The molecule has 5 nitrogen and oxygen atoms in total. The number of imidazole rings is 1. The number of aromatic nitrogens is 2. The van der Waals surface area contributed by atoms with Crippen LogP contribution >= 0.6 is 0 Å². The molecule has 0 bridgehead atoms. The number of nitrogens with one attached hydrogen (secondary N) is 2. The predicted molar refractivity (Wildman–Crippen MR) is 68.5 cm³/mol. The van der Waals surface area contributed by atoms with Crippen molar-refractivity contribution in [2.75, 3.05) is 5.32 Å². The molecule has 0 saturated carbocycles. The molecule has 0 spiro atoms. The zero-order valence-electron chi connectivity index (χ0n) is 10.1. The Hall–Kier alpha value is -2.30. The minimum atomic E-state index is -0.890. The summed E-state index contributed by atoms with van der Waals surface area (Å²) >= 11 is 0. The number of carbonyl (C=O) groups is 1. The van der Waals surface area contributed by atoms with E-state index in [1.807, 2.05) is 31.2 Å². The number of anilines is 1. The molecule has 0 saturated heterocycles. The molecule has 0 aliphatic heterocycles. The fourth-order valence-corrected chi connectivity index (χ4v) is 1.66. The summed E-state index contributed by atoms with van der Waals surface area (Å²) in [5.74, 6) is -0.890. The van der Waals surface area contributed by atoms with Gasteiger partial charge in [-0.05, 0) is 19.1 Å². The van der Waals surface area contributed by atoms with Gasteiger partial charge in [0.2, 0.25) is 0 Å². The lowest BCUT2D eigenvalue weighted by Gasteiger charge is -2.14. The molecular weight excluding hydrogens is 230 g/mol. The van der Waals surface area contributed by atoms with E-state index in [0.717, 1.165) is 16.9 Å². The summed E-state index contributed by atoms with van der Waals surface area (Å²) in [7, 11) is 0. The summed E-state index contributed by atoms with van der Waals surface area (Å²) in [6.45, 7) is 1.99. The average Bonchev–Trinajstić information content (AvgIpc) is 2.84. The monoisotopic (exact) mass is 245 g/mol. The van der Waals surface area contributed by atoms with Crippen LogP contribution in [0.3, 0.4) is 0 Å². The second kappa shape index (κ2) is 5.35. The third-order valence-electron chi connectivity index (χ3n) is 2.66. The van der Waals surface area contributed by atoms with Crippen molar-refractivity contribution in [3.63, 3.8) is 0 Å². The van der Waals surface area contributed by atoms with Gasteiger partial charge < -0.3 is 15.4 Å². The van der Waals surface area contributed by atoms with Crippen LogP contribution in [0.25, 0.3) is 0 Å². The van der Waals surface area contributed by atoms with E-state index in [2.05, 4.69) is 15.3 Å². The molecule has 94 valence electrons. The highest BCUT2D eigenvalue weighted by atomic mass is 16.4. The largest absolute Gasteiger partial charge is 0.480 e. The maximum atomic E-state index is 11.2. The first-order valence-corrected chi connectivity index (χ1v) is 5.69. The second-order valence-electron chi connectivity index (χ2n) is 4.17. The molecule has 3 N–H and O–H groups in total. The number of nitrogens with zero attached hydrogens (tertiary/aromatic N) is 1. The lowest BCUT2D eigenvalue weighted by Crippen LogP contribution is -2.31. The van der Waals surface area contributed by atoms with Crippen molar-refractivity contribution >= 4 is 11.7 Å². The van der Waals surface area contributed by atoms with Gasteiger partial charge in [-0.15, -0.1) is 0 Å². The SMILES string of the molecule is Cc1ccc(N[C@@H](Cc2c[nH]cn2)C(=O)O)cc1. The van der Waals surface area contributed by atoms with Crippen LogP contribution in [0.15, 0.2) is 36.8 Å². The maximum Gasteiger partial charge on any atom is 0.326 e. The van der Waals surface area contributed by atoms with Crippen molar-refractivity contribution < 1.29 is 9.90 Å². The van der Waals surface area contributed by atoms with Crippen molar-refractivity contribution in [2.45, 2.75) is 19.4 Å². The van der Waals surface area contributed by atoms with E-state index < -0.39 is 12.0 Å². The highest BCUT2D eigenvalue weighted by Crippen LogP contribution is 2.12. The average molecular weight is 245 g/mol. The third-order valence-corrected chi connectivity index (χ3v) is 2.66. The number of aryl methyl sites for hydroxylation is 1. The topological polar surface area (TPSA) is 78.0 Å². The van der Waals surface area contributed by atoms with E-state index in [4.69, 9.17) is 0 Å². The molecule has 0 aliphatic rings. The fourth-order valence-electron chi connectivity index (χ4n) is 1.66. The van der Waals surface area contributed by atoms with Crippen LogP contribution < -0.4 is 5.32 Å². The van der Waals surface area contributed by atoms with Gasteiger partial charge in [-0.25, -0.2) is 9.78 Å². The van der Waals surface area contributed by atoms with E-state index in [9.17, 15) is 9.90 Å². The Morgan fingerprint density at radius 3 is 2.72 bits per heavy atom. The Morgan fingerprint density at radius 1 is 1.44 bits per heavy atom. The van der Waals surface area contributed by atoms with Crippen molar-refractivity contribution in [3.8, 4) is 0 Å². The van der Waals surface area contributed by atoms with Crippen molar-refractivity contribution in [1.82, 2.24) is 9.97 Å². The quantitative estimate of drug-likeness (QED) is 0.751. The van der Waals surface area contributed by atoms with E-state index in [1.54, 1.807) is 12.5 Å². The molecule has 1 aromatic carbocycles. The number of rotatable bonds is 5. The maximum absolute atomic E-state index is 11.2. The highest BCUT2D eigenvalue weighted by Gasteiger charge is 2.18. The third kappa shape index (κ3) is 3.10. The van der Waals surface area contributed by atoms with Gasteiger partial charge in [0.1, 0.15) is 6.04 Å². The number of H-pyrrole nitrogens is 1. The van der Waals surface area contributed by atoms with E-state index >= 15 is 0 Å². The van der Waals surface area contributed by atoms with Gasteiger partial charge in [0.05, 0.1) is 12.0 Å². The molecule has 0 fully saturated rings. The Balaban J connectivity index is 2.06. The minimum Gasteiger partial charge on any atom is -0.480 e. The molecule has 0 aliphatic carbocycles. The first kappa shape index (κ1) is 12.2. The summed E-state index contributed by atoms with van der Waals surface area (Å²) < 4.78 is 0. The van der Waals surface area contributed by atoms with Gasteiger partial charge in [0.25, 0.3) is 0 Å². The summed E-state index contributed by atoms with van der Waals surface area (Å²) in [5, 5.41) is 12.2. The lowest BCUT2D eigenvalue weighted by atomic mass is 10.1. The zero-order valence-corrected chi connectivity index (χ0v) is 10.1. The number of carboxylic acid groups (broad SMARTS) is 1. The van der Waals surface area contributed by atoms with Crippen LogP contribution in [0.1, 0.15) is 11.3 Å². The van der Waals surface area contributed by atoms with Crippen LogP contribution in [0, 0.1) is 6.92 Å². The van der Waals surface area contributed by atoms with E-state index in [1.165, 1.54) is 0 Å². The summed E-state index contributed by atoms with van der Waals surface area (Å²) in [6.07, 6.45) is 3.58. The first-order chi connectivity index (χ1) is 8.65. The van der Waals surface area contributed by atoms with Crippen LogP contribution in [0.5, 0.6) is 0 Å². The van der Waals surface area contributed by atoms with Crippen LogP contribution in [0.4, 0.5) is 5.69 Å². The normalized spacial score (nSPS) is 12.1. The van der Waals surface area contributed by atoms with Crippen molar-refractivity contribution in [3.05, 3.63) is 48.0 Å². The number of hydrogen-bond donors (Lipinski definition) is 3. The van der Waals surface area contributed by atoms with Gasteiger partial charge >= 0.3 is 5.97 Å². The van der Waals surface area contributed by atoms with Crippen LogP contribution in [-0.4, -0.2) is 27.1 Å². The minimum absolute atomic E-state index is 0.340. The number of hydrogen-bond acceptors (Lipinski definition) is 3. The number of carboxylic acids is 1. The van der Waals surface area contributed by atoms with Crippen molar-refractivity contribution in [1.29, 1.82) is 0 Å². The second-order valence-corrected chi connectivity index (χ2v) is 4.17. The number of benzene rings is 1. The standard InChI is InChI=1S/C13H15N3O2/c1-9-2-4-10(5-3-9)16-12(13(17)18)6-11-7-14-8-15-11/h2-5,7-8,12,16H,6H2,1H3,(H,14,15)(H,17,18)/t12-/m0/s1. The Labute approximate surface area is 105 Å². The van der Waals surface area contributed by atoms with E-state index in [-0.39, 0.29) is 0 Å². The highest BCUT2D eigenvalue weighted by molar-refractivity contribution is 5.77. The first-order valence-electron chi connectivity index (χ1n) is 5.69. The van der Waals surface area contributed by atoms with Gasteiger partial charge in [0, 0.05) is 18.3 Å². The van der Waals surface area contributed by atoms with Gasteiger partial charge in [-0.1, -0.05) is 17.7 Å². The molecule has 18 heavy (non-hydrogen) atoms. The number of aromatic amines is 1. The smallest absolute Gasteiger partial charge is 0.326 e. The lowest BCUT2D eigenvalue weighted by molar-refractivity contribution is -0.137. The predicted octanol–water partition coefficient (Wildman–Crippen LogP) is 1.83. The van der Waals surface area contributed by atoms with E-state index in [0.29, 0.717) is 6.42 Å². The van der Waals surface area contributed by atoms with Gasteiger partial charge in [0.15, 0.2) is 0 Å². The molecule has 0 amide bonds. The zero-order chi connectivity index (χ0) is 13.0. The van der Waals surface area contributed by atoms with Crippen LogP contribution in [-0.2, 0) is 11.2 Å². The number of aliphatic carboxylic acids is 1. The summed E-state index contributed by atoms with van der Waals surface area (Å²) in [4.78, 5) is 18.0. The molecule has 1 atom stereocenters. The Morgan fingerprint density at radius 2 is 2.17 bits per heavy atom. The summed E-state index contributed by atoms with van der Waals surface area (Å²) in [6, 6.07) is 6.94. The van der Waals surface area contributed by atoms with Gasteiger partial charge in [-0.3, -0.25) is 0 Å². The molecule has 5 heteroatoms. The molecule has 0 radical (unpaired) electrons. The molecule has 1 aromatic heterocycles. The molecule has 2 aromatic rings. The van der Waals surface area contributed by atoms with Crippen LogP contribution in [0.2, 0.25) is 0 Å². The molecular formula is C13H15N3O2.